The normalized spacial score (nSPS) is 11.6. The van der Waals surface area contributed by atoms with Crippen molar-refractivity contribution in [2.24, 2.45) is 0 Å². The summed E-state index contributed by atoms with van der Waals surface area (Å²) in [5, 5.41) is 23.9. The Morgan fingerprint density at radius 3 is 2.54 bits per heavy atom. The number of fused-ring (bicyclic) bond motifs is 1. The molecule has 1 aromatic heterocycles. The average Bonchev–Trinajstić information content (AvgIpc) is 2.52. The monoisotopic (exact) mass is 386 g/mol. The fourth-order valence-corrected chi connectivity index (χ4v) is 3.69. The van der Waals surface area contributed by atoms with Crippen LogP contribution in [0, 0.1) is 0 Å². The molecule has 0 amide bonds. The number of rotatable bonds is 3. The van der Waals surface area contributed by atoms with E-state index >= 15 is 0 Å². The lowest BCUT2D eigenvalue weighted by Crippen LogP contribution is -2.06. The third-order valence-electron chi connectivity index (χ3n) is 3.16. The number of anilines is 2. The van der Waals surface area contributed by atoms with Gasteiger partial charge in [0.25, 0.3) is 10.1 Å². The number of aromatic hydroxyl groups is 1. The largest absolute Gasteiger partial charge is 0.506 e. The number of phenols is 1. The third-order valence-corrected chi connectivity index (χ3v) is 4.77. The summed E-state index contributed by atoms with van der Waals surface area (Å²) in [6, 6.07) is 5.85. The summed E-state index contributed by atoms with van der Waals surface area (Å²) >= 11 is 12.4. The fourth-order valence-electron chi connectivity index (χ4n) is 2.21. The van der Waals surface area contributed by atoms with Gasteiger partial charge in [0, 0.05) is 16.8 Å². The predicted molar refractivity (Wildman–Crippen MR) is 88.6 cm³/mol. The van der Waals surface area contributed by atoms with Crippen molar-refractivity contribution < 1.29 is 18.1 Å². The Morgan fingerprint density at radius 1 is 1.17 bits per heavy atom. The van der Waals surface area contributed by atoms with E-state index in [0.29, 0.717) is 0 Å². The van der Waals surface area contributed by atoms with Gasteiger partial charge in [0.05, 0.1) is 21.9 Å². The van der Waals surface area contributed by atoms with Crippen molar-refractivity contribution in [3.05, 3.63) is 40.5 Å². The van der Waals surface area contributed by atoms with Crippen molar-refractivity contribution >= 4 is 55.6 Å². The van der Waals surface area contributed by atoms with Gasteiger partial charge in [-0.2, -0.15) is 8.42 Å². The van der Waals surface area contributed by atoms with E-state index in [4.69, 9.17) is 23.2 Å². The zero-order chi connectivity index (χ0) is 17.5. The number of halogens is 2. The highest BCUT2D eigenvalue weighted by molar-refractivity contribution is 7.86. The van der Waals surface area contributed by atoms with Gasteiger partial charge in [-0.1, -0.05) is 35.3 Å². The molecule has 24 heavy (non-hydrogen) atoms. The highest BCUT2D eigenvalue weighted by Gasteiger charge is 2.28. The standard InChI is InChI=1S/C13H8Cl2N4O4S/c14-7-3-1-2-6-9(7)10(15)11(13(12(6)20)24(21,22)23)17-8-4-5-16-19-18-8/h1-5,20H,(H,16,17,18)(H,21,22,23). The van der Waals surface area contributed by atoms with Crippen LogP contribution in [-0.4, -0.2) is 33.5 Å². The molecule has 0 spiro atoms. The first-order valence-corrected chi connectivity index (χ1v) is 8.52. The molecule has 0 aliphatic rings. The number of nitrogens with one attached hydrogen (secondary N) is 1. The van der Waals surface area contributed by atoms with E-state index in [1.54, 1.807) is 0 Å². The van der Waals surface area contributed by atoms with Gasteiger partial charge in [0.2, 0.25) is 0 Å². The van der Waals surface area contributed by atoms with Gasteiger partial charge in [0.1, 0.15) is 5.75 Å². The number of hydrogen-bond donors (Lipinski definition) is 3. The smallest absolute Gasteiger partial charge is 0.300 e. The zero-order valence-electron chi connectivity index (χ0n) is 11.6. The van der Waals surface area contributed by atoms with Crippen LogP contribution in [0.3, 0.4) is 0 Å². The Labute approximate surface area is 145 Å². The summed E-state index contributed by atoms with van der Waals surface area (Å²) in [5.41, 5.74) is -0.280. The van der Waals surface area contributed by atoms with Gasteiger partial charge < -0.3 is 10.4 Å². The molecule has 11 heteroatoms. The Morgan fingerprint density at radius 2 is 1.92 bits per heavy atom. The Bertz CT molecular complexity index is 1050. The second-order valence-electron chi connectivity index (χ2n) is 4.64. The van der Waals surface area contributed by atoms with E-state index in [1.165, 1.54) is 30.5 Å². The average molecular weight is 387 g/mol. The lowest BCUT2D eigenvalue weighted by Gasteiger charge is -2.16. The summed E-state index contributed by atoms with van der Waals surface area (Å²) in [6.07, 6.45) is 1.31. The lowest BCUT2D eigenvalue weighted by atomic mass is 10.1. The fraction of sp³-hybridized carbons (Fsp3) is 0. The summed E-state index contributed by atoms with van der Waals surface area (Å²) in [5.74, 6) is -0.591. The maximum Gasteiger partial charge on any atom is 0.300 e. The van der Waals surface area contributed by atoms with E-state index in [9.17, 15) is 18.1 Å². The van der Waals surface area contributed by atoms with Crippen LogP contribution in [-0.2, 0) is 10.1 Å². The van der Waals surface area contributed by atoms with Crippen molar-refractivity contribution in [3.63, 3.8) is 0 Å². The Hall–Kier alpha value is -2.20. The van der Waals surface area contributed by atoms with Crippen molar-refractivity contribution in [2.45, 2.75) is 4.90 Å². The minimum absolute atomic E-state index is 0.0755. The van der Waals surface area contributed by atoms with Crippen LogP contribution < -0.4 is 5.32 Å². The minimum Gasteiger partial charge on any atom is -0.506 e. The molecule has 0 saturated carbocycles. The number of phenolic OH excluding ortho intramolecular Hbond substituents is 1. The second-order valence-corrected chi connectivity index (χ2v) is 6.78. The van der Waals surface area contributed by atoms with Crippen LogP contribution >= 0.6 is 23.2 Å². The maximum atomic E-state index is 11.8. The Kier molecular flexibility index (Phi) is 4.18. The van der Waals surface area contributed by atoms with E-state index in [2.05, 4.69) is 20.7 Å². The van der Waals surface area contributed by atoms with Gasteiger partial charge in [-0.25, -0.2) is 0 Å². The van der Waals surface area contributed by atoms with Crippen molar-refractivity contribution in [1.82, 2.24) is 15.4 Å². The minimum atomic E-state index is -4.81. The second kappa shape index (κ2) is 6.02. The first kappa shape index (κ1) is 16.7. The van der Waals surface area contributed by atoms with Gasteiger partial charge in [-0.05, 0) is 11.3 Å². The van der Waals surface area contributed by atoms with Gasteiger partial charge in [-0.15, -0.1) is 10.2 Å². The van der Waals surface area contributed by atoms with E-state index in [0.717, 1.165) is 0 Å². The molecule has 0 radical (unpaired) electrons. The molecule has 8 nitrogen and oxygen atoms in total. The molecule has 1 heterocycles. The van der Waals surface area contributed by atoms with Crippen molar-refractivity contribution in [1.29, 1.82) is 0 Å². The molecule has 3 aromatic rings. The summed E-state index contributed by atoms with van der Waals surface area (Å²) in [6.45, 7) is 0. The molecule has 124 valence electrons. The third kappa shape index (κ3) is 2.82. The van der Waals surface area contributed by atoms with Gasteiger partial charge in [-0.3, -0.25) is 4.55 Å². The van der Waals surface area contributed by atoms with Crippen molar-refractivity contribution in [2.75, 3.05) is 5.32 Å². The van der Waals surface area contributed by atoms with E-state index in [1.807, 2.05) is 0 Å². The number of hydrogen-bond acceptors (Lipinski definition) is 7. The first-order valence-electron chi connectivity index (χ1n) is 6.32. The molecule has 3 rings (SSSR count). The Balaban J connectivity index is 2.41. The molecule has 0 atom stereocenters. The quantitative estimate of drug-likeness (QED) is 0.586. The topological polar surface area (TPSA) is 125 Å². The molecule has 0 unspecified atom stereocenters. The van der Waals surface area contributed by atoms with Crippen LogP contribution in [0.5, 0.6) is 5.75 Å². The van der Waals surface area contributed by atoms with Crippen LogP contribution in [0.2, 0.25) is 10.0 Å². The van der Waals surface area contributed by atoms with E-state index < -0.39 is 20.8 Å². The van der Waals surface area contributed by atoms with Crippen LogP contribution in [0.25, 0.3) is 10.8 Å². The summed E-state index contributed by atoms with van der Waals surface area (Å²) in [4.78, 5) is -0.791. The molecule has 0 fully saturated rings. The number of nitrogens with zero attached hydrogens (tertiary/aromatic N) is 3. The van der Waals surface area contributed by atoms with Crippen LogP contribution in [0.1, 0.15) is 0 Å². The lowest BCUT2D eigenvalue weighted by molar-refractivity contribution is 0.449. The molecule has 0 saturated heterocycles. The molecular formula is C13H8Cl2N4O4S. The number of benzene rings is 2. The molecule has 3 N–H and O–H groups in total. The summed E-state index contributed by atoms with van der Waals surface area (Å²) < 4.78 is 33.0. The highest BCUT2D eigenvalue weighted by atomic mass is 35.5. The highest BCUT2D eigenvalue weighted by Crippen LogP contribution is 2.47. The number of aromatic nitrogens is 3. The molecule has 2 aromatic carbocycles. The SMILES string of the molecule is O=S(=O)(O)c1c(Nc2ccnnn2)c(Cl)c2c(Cl)cccc2c1O. The van der Waals surface area contributed by atoms with E-state index in [-0.39, 0.29) is 32.3 Å². The maximum absolute atomic E-state index is 11.8. The van der Waals surface area contributed by atoms with Crippen LogP contribution in [0.4, 0.5) is 11.5 Å². The van der Waals surface area contributed by atoms with Crippen molar-refractivity contribution in [3.8, 4) is 5.75 Å². The predicted octanol–water partition coefficient (Wildman–Crippen LogP) is 3.03. The molecule has 0 bridgehead atoms. The molecule has 0 aliphatic carbocycles. The molecule has 0 aliphatic heterocycles. The first-order chi connectivity index (χ1) is 11.3. The van der Waals surface area contributed by atoms with Crippen LogP contribution in [0.15, 0.2) is 35.4 Å². The van der Waals surface area contributed by atoms with Gasteiger partial charge in [0.15, 0.2) is 10.7 Å². The van der Waals surface area contributed by atoms with Gasteiger partial charge >= 0.3 is 0 Å². The molecular weight excluding hydrogens is 379 g/mol. The summed E-state index contributed by atoms with van der Waals surface area (Å²) in [7, 11) is -4.81. The zero-order valence-corrected chi connectivity index (χ0v) is 13.9.